The van der Waals surface area contributed by atoms with E-state index in [2.05, 4.69) is 16.0 Å². The van der Waals surface area contributed by atoms with Gasteiger partial charge in [-0.3, -0.25) is 39.0 Å². The molecule has 1 atom stereocenters. The maximum Gasteiger partial charge on any atom is 0.290 e. The number of carboxylic acid groups (broad SMARTS) is 1. The molecule has 4 rings (SSSR count). The molecule has 0 radical (unpaired) electrons. The molecule has 1 aromatic rings. The van der Waals surface area contributed by atoms with Crippen LogP contribution in [0.15, 0.2) is 18.2 Å². The van der Waals surface area contributed by atoms with Gasteiger partial charge in [0.1, 0.15) is 6.04 Å². The van der Waals surface area contributed by atoms with Gasteiger partial charge in [-0.2, -0.15) is 0 Å². The first-order valence-electron chi connectivity index (χ1n) is 11.8. The highest BCUT2D eigenvalue weighted by atomic mass is 16.3. The van der Waals surface area contributed by atoms with E-state index in [1.54, 1.807) is 18.2 Å². The zero-order valence-electron chi connectivity index (χ0n) is 19.4. The van der Waals surface area contributed by atoms with Crippen LogP contribution in [0.25, 0.3) is 0 Å². The normalized spacial score (nSPS) is 18.9. The number of hydrogen-bond acceptors (Lipinski definition) is 7. The number of hydrogen-bond donors (Lipinski definition) is 4. The molecule has 35 heavy (non-hydrogen) atoms. The van der Waals surface area contributed by atoms with Crippen LogP contribution in [0.4, 0.5) is 5.69 Å². The van der Waals surface area contributed by atoms with Crippen molar-refractivity contribution in [3.8, 4) is 0 Å². The number of rotatable bonds is 10. The molecule has 1 saturated heterocycles. The number of amides is 5. The van der Waals surface area contributed by atoms with E-state index in [-0.39, 0.29) is 42.3 Å². The van der Waals surface area contributed by atoms with Crippen molar-refractivity contribution < 1.29 is 33.9 Å². The molecule has 11 nitrogen and oxygen atoms in total. The fourth-order valence-corrected chi connectivity index (χ4v) is 4.19. The maximum absolute atomic E-state index is 13.0. The van der Waals surface area contributed by atoms with E-state index < -0.39 is 29.7 Å². The summed E-state index contributed by atoms with van der Waals surface area (Å²) >= 11 is 0. The van der Waals surface area contributed by atoms with Gasteiger partial charge in [-0.15, -0.1) is 0 Å². The quantitative estimate of drug-likeness (QED) is 0.218. The number of imide groups is 2. The van der Waals surface area contributed by atoms with Crippen molar-refractivity contribution in [3.05, 3.63) is 29.3 Å². The van der Waals surface area contributed by atoms with Crippen molar-refractivity contribution in [1.29, 1.82) is 0 Å². The van der Waals surface area contributed by atoms with Crippen molar-refractivity contribution in [3.63, 3.8) is 0 Å². The summed E-state index contributed by atoms with van der Waals surface area (Å²) in [7, 11) is 0. The molecule has 0 aromatic heterocycles. The highest BCUT2D eigenvalue weighted by molar-refractivity contribution is 6.25. The van der Waals surface area contributed by atoms with Crippen molar-refractivity contribution in [2.45, 2.75) is 57.4 Å². The van der Waals surface area contributed by atoms with Gasteiger partial charge in [0.2, 0.25) is 17.7 Å². The minimum Gasteiger partial charge on any atom is -0.483 e. The standard InChI is InChI=1S/C23H28N4O5.CH2O2/c28-18-11-10-17(21(30)26-18)27-22(31)15-6-5-7-16(19(15)23(27)32)24-12-3-1-2-4-13-25-20(29)14-8-9-14;2-1-3/h5-7,14,17,24H,1-4,8-13H2,(H,25,29)(H,26,28,30);1H,(H,2,3). The topological polar surface area (TPSA) is 162 Å². The van der Waals surface area contributed by atoms with Gasteiger partial charge in [-0.1, -0.05) is 18.9 Å². The molecule has 1 aliphatic carbocycles. The molecule has 1 aromatic carbocycles. The lowest BCUT2D eigenvalue weighted by Gasteiger charge is -2.27. The Balaban J connectivity index is 0.00000108. The first kappa shape index (κ1) is 25.9. The third-order valence-corrected chi connectivity index (χ3v) is 6.13. The van der Waals surface area contributed by atoms with E-state index in [1.807, 2.05) is 0 Å². The maximum atomic E-state index is 13.0. The Morgan fingerprint density at radius 1 is 1.03 bits per heavy atom. The molecule has 1 unspecified atom stereocenters. The molecular weight excluding hydrogens is 456 g/mol. The van der Waals surface area contributed by atoms with Crippen LogP contribution in [0.2, 0.25) is 0 Å². The van der Waals surface area contributed by atoms with Crippen LogP contribution in [0.5, 0.6) is 0 Å². The van der Waals surface area contributed by atoms with Crippen molar-refractivity contribution >= 4 is 41.7 Å². The number of benzene rings is 1. The predicted octanol–water partition coefficient (Wildman–Crippen LogP) is 1.29. The van der Waals surface area contributed by atoms with E-state index in [9.17, 15) is 24.0 Å². The summed E-state index contributed by atoms with van der Waals surface area (Å²) < 4.78 is 0. The second-order valence-electron chi connectivity index (χ2n) is 8.69. The minimum atomic E-state index is -0.964. The van der Waals surface area contributed by atoms with Crippen molar-refractivity contribution in [2.24, 2.45) is 5.92 Å². The highest BCUT2D eigenvalue weighted by Crippen LogP contribution is 2.32. The molecule has 1 saturated carbocycles. The average Bonchev–Trinajstić information content (AvgIpc) is 3.64. The molecule has 2 heterocycles. The van der Waals surface area contributed by atoms with Gasteiger partial charge < -0.3 is 15.7 Å². The van der Waals surface area contributed by atoms with E-state index in [4.69, 9.17) is 9.90 Å². The van der Waals surface area contributed by atoms with Crippen molar-refractivity contribution in [1.82, 2.24) is 15.5 Å². The van der Waals surface area contributed by atoms with Crippen molar-refractivity contribution in [2.75, 3.05) is 18.4 Å². The Morgan fingerprint density at radius 3 is 2.37 bits per heavy atom. The monoisotopic (exact) mass is 486 g/mol. The van der Waals surface area contributed by atoms with Crippen LogP contribution >= 0.6 is 0 Å². The number of carbonyl (C=O) groups excluding carboxylic acids is 5. The number of unbranched alkanes of at least 4 members (excludes halogenated alkanes) is 3. The van der Waals surface area contributed by atoms with Crippen LogP contribution in [-0.2, 0) is 19.2 Å². The lowest BCUT2D eigenvalue weighted by molar-refractivity contribution is -0.136. The molecule has 5 amide bonds. The summed E-state index contributed by atoms with van der Waals surface area (Å²) in [5, 5.41) is 15.3. The van der Waals surface area contributed by atoms with Gasteiger partial charge in [0, 0.05) is 31.1 Å². The first-order valence-corrected chi connectivity index (χ1v) is 11.8. The number of carbonyl (C=O) groups is 6. The molecule has 4 N–H and O–H groups in total. The Hall–Kier alpha value is -3.76. The largest absolute Gasteiger partial charge is 0.483 e. The van der Waals surface area contributed by atoms with Crippen LogP contribution in [0.1, 0.15) is 72.1 Å². The lowest BCUT2D eigenvalue weighted by atomic mass is 10.0. The van der Waals surface area contributed by atoms with Gasteiger partial charge in [-0.05, 0) is 44.2 Å². The van der Waals surface area contributed by atoms with Gasteiger partial charge in [-0.25, -0.2) is 0 Å². The third-order valence-electron chi connectivity index (χ3n) is 6.13. The van der Waals surface area contributed by atoms with Gasteiger partial charge >= 0.3 is 0 Å². The fraction of sp³-hybridized carbons (Fsp3) is 0.500. The molecule has 11 heteroatoms. The van der Waals surface area contributed by atoms with E-state index >= 15 is 0 Å². The number of fused-ring (bicyclic) bond motifs is 1. The first-order chi connectivity index (χ1) is 16.9. The Kier molecular flexibility index (Phi) is 8.93. The molecule has 188 valence electrons. The van der Waals surface area contributed by atoms with Crippen LogP contribution in [0.3, 0.4) is 0 Å². The Bertz CT molecular complexity index is 1010. The summed E-state index contributed by atoms with van der Waals surface area (Å²) in [4.78, 5) is 70.4. The molecular formula is C24H30N4O7. The zero-order chi connectivity index (χ0) is 25.4. The molecule has 0 spiro atoms. The van der Waals surface area contributed by atoms with Gasteiger partial charge in [0.15, 0.2) is 0 Å². The summed E-state index contributed by atoms with van der Waals surface area (Å²) in [6.45, 7) is 1.10. The second kappa shape index (κ2) is 12.1. The van der Waals surface area contributed by atoms with Gasteiger partial charge in [0.05, 0.1) is 11.1 Å². The molecule has 0 bridgehead atoms. The van der Waals surface area contributed by atoms with Crippen LogP contribution in [-0.4, -0.2) is 65.1 Å². The summed E-state index contributed by atoms with van der Waals surface area (Å²) in [6.07, 6.45) is 6.07. The lowest BCUT2D eigenvalue weighted by Crippen LogP contribution is -2.54. The van der Waals surface area contributed by atoms with E-state index in [0.29, 0.717) is 18.8 Å². The SMILES string of the molecule is O=C1CCC(N2C(=O)c3cccc(NCCCCCCNC(=O)C4CC4)c3C2=O)C(=O)N1.O=CO. The molecule has 3 aliphatic rings. The molecule has 2 aliphatic heterocycles. The average molecular weight is 487 g/mol. The van der Waals surface area contributed by atoms with Crippen LogP contribution in [0, 0.1) is 5.92 Å². The van der Waals surface area contributed by atoms with E-state index in [1.165, 1.54) is 0 Å². The smallest absolute Gasteiger partial charge is 0.290 e. The number of nitrogens with one attached hydrogen (secondary N) is 3. The van der Waals surface area contributed by atoms with E-state index in [0.717, 1.165) is 43.4 Å². The molecule has 2 fully saturated rings. The summed E-state index contributed by atoms with van der Waals surface area (Å²) in [5.74, 6) is -1.60. The minimum absolute atomic E-state index is 0.0964. The number of piperidine rings is 1. The predicted molar refractivity (Wildman–Crippen MR) is 124 cm³/mol. The Morgan fingerprint density at radius 2 is 1.71 bits per heavy atom. The van der Waals surface area contributed by atoms with Crippen LogP contribution < -0.4 is 16.0 Å². The zero-order valence-corrected chi connectivity index (χ0v) is 19.4. The summed E-state index contributed by atoms with van der Waals surface area (Å²) in [5.41, 5.74) is 1.13. The third kappa shape index (κ3) is 6.43. The number of nitrogens with zero attached hydrogens (tertiary/aromatic N) is 1. The van der Waals surface area contributed by atoms with Gasteiger partial charge in [0.25, 0.3) is 18.3 Å². The second-order valence-corrected chi connectivity index (χ2v) is 8.69. The highest BCUT2D eigenvalue weighted by Gasteiger charge is 2.45. The fourth-order valence-electron chi connectivity index (χ4n) is 4.19. The number of anilines is 1. The summed E-state index contributed by atoms with van der Waals surface area (Å²) in [6, 6.07) is 4.09. The Labute approximate surface area is 202 Å².